The van der Waals surface area contributed by atoms with Crippen molar-refractivity contribution in [1.29, 1.82) is 0 Å². The van der Waals surface area contributed by atoms with E-state index in [4.69, 9.17) is 13.9 Å². The van der Waals surface area contributed by atoms with Crippen molar-refractivity contribution in [1.82, 2.24) is 10.6 Å². The van der Waals surface area contributed by atoms with Gasteiger partial charge >= 0.3 is 0 Å². The first-order valence-electron chi connectivity index (χ1n) is 9.07. The van der Waals surface area contributed by atoms with E-state index in [1.165, 1.54) is 6.26 Å². The van der Waals surface area contributed by atoms with Gasteiger partial charge in [-0.15, -0.1) is 0 Å². The van der Waals surface area contributed by atoms with Crippen LogP contribution in [0.5, 0.6) is 11.5 Å². The van der Waals surface area contributed by atoms with E-state index in [-0.39, 0.29) is 19.0 Å². The van der Waals surface area contributed by atoms with Gasteiger partial charge in [-0.05, 0) is 60.2 Å². The Hall–Kier alpha value is -3.52. The van der Waals surface area contributed by atoms with Gasteiger partial charge in [-0.2, -0.15) is 0 Å². The molecule has 8 heteroatoms. The number of amides is 2. The molecule has 1 aliphatic heterocycles. The van der Waals surface area contributed by atoms with Crippen LogP contribution in [0.15, 0.2) is 75.4 Å². The van der Waals surface area contributed by atoms with E-state index < -0.39 is 11.8 Å². The molecule has 0 fully saturated rings. The van der Waals surface area contributed by atoms with E-state index in [0.717, 1.165) is 4.47 Å². The van der Waals surface area contributed by atoms with Gasteiger partial charge in [0, 0.05) is 10.0 Å². The third-order valence-electron chi connectivity index (χ3n) is 4.31. The van der Waals surface area contributed by atoms with Crippen LogP contribution in [0.4, 0.5) is 0 Å². The largest absolute Gasteiger partial charge is 0.467 e. The van der Waals surface area contributed by atoms with Crippen LogP contribution < -0.4 is 20.1 Å². The smallest absolute Gasteiger partial charge is 0.268 e. The molecule has 0 radical (unpaired) electrons. The molecule has 1 aromatic heterocycles. The number of benzene rings is 2. The molecule has 0 spiro atoms. The van der Waals surface area contributed by atoms with Gasteiger partial charge < -0.3 is 24.5 Å². The predicted octanol–water partition coefficient (Wildman–Crippen LogP) is 3.86. The third-order valence-corrected chi connectivity index (χ3v) is 4.84. The highest BCUT2D eigenvalue weighted by Gasteiger charge is 2.17. The van der Waals surface area contributed by atoms with Crippen molar-refractivity contribution in [2.45, 2.75) is 6.54 Å². The standard InChI is InChI=1S/C22H17BrN2O5/c23-16-6-4-15(5-7-16)21(26)25-18(22(27)24-12-17-2-1-9-28-17)10-14-3-8-19-20(11-14)30-13-29-19/h1-11H,12-13H2,(H,24,27)(H,25,26). The Morgan fingerprint density at radius 1 is 1.03 bits per heavy atom. The molecule has 0 saturated heterocycles. The molecule has 0 bridgehead atoms. The van der Waals surface area contributed by atoms with Gasteiger partial charge in [-0.3, -0.25) is 9.59 Å². The van der Waals surface area contributed by atoms with E-state index in [9.17, 15) is 9.59 Å². The molecule has 0 saturated carbocycles. The molecule has 0 aliphatic carbocycles. The maximum Gasteiger partial charge on any atom is 0.268 e. The lowest BCUT2D eigenvalue weighted by Crippen LogP contribution is -2.34. The minimum atomic E-state index is -0.450. The topological polar surface area (TPSA) is 89.8 Å². The molecule has 3 aromatic rings. The summed E-state index contributed by atoms with van der Waals surface area (Å²) in [4.78, 5) is 25.5. The second-order valence-electron chi connectivity index (χ2n) is 6.39. The average molecular weight is 469 g/mol. The van der Waals surface area contributed by atoms with Crippen molar-refractivity contribution in [2.75, 3.05) is 6.79 Å². The van der Waals surface area contributed by atoms with Crippen LogP contribution >= 0.6 is 15.9 Å². The van der Waals surface area contributed by atoms with E-state index in [2.05, 4.69) is 26.6 Å². The van der Waals surface area contributed by atoms with Crippen LogP contribution in [0.1, 0.15) is 21.7 Å². The molecule has 152 valence electrons. The van der Waals surface area contributed by atoms with Gasteiger partial charge in [0.2, 0.25) is 6.79 Å². The highest BCUT2D eigenvalue weighted by molar-refractivity contribution is 9.10. The summed E-state index contributed by atoms with van der Waals surface area (Å²) in [6.45, 7) is 0.345. The Morgan fingerprint density at radius 3 is 2.60 bits per heavy atom. The normalized spacial score (nSPS) is 12.5. The van der Waals surface area contributed by atoms with Crippen LogP contribution in [0.25, 0.3) is 6.08 Å². The number of nitrogens with one attached hydrogen (secondary N) is 2. The summed E-state index contributed by atoms with van der Waals surface area (Å²) in [7, 11) is 0. The molecule has 4 rings (SSSR count). The molecule has 2 amide bonds. The van der Waals surface area contributed by atoms with Crippen LogP contribution in [0.2, 0.25) is 0 Å². The van der Waals surface area contributed by atoms with E-state index >= 15 is 0 Å². The lowest BCUT2D eigenvalue weighted by Gasteiger charge is -2.11. The van der Waals surface area contributed by atoms with Crippen molar-refractivity contribution >= 4 is 33.8 Å². The maximum absolute atomic E-state index is 12.8. The lowest BCUT2D eigenvalue weighted by molar-refractivity contribution is -0.118. The molecular weight excluding hydrogens is 452 g/mol. The second-order valence-corrected chi connectivity index (χ2v) is 7.31. The number of carbonyl (C=O) groups is 2. The first-order valence-corrected chi connectivity index (χ1v) is 9.86. The summed E-state index contributed by atoms with van der Waals surface area (Å²) >= 11 is 3.34. The molecular formula is C22H17BrN2O5. The fourth-order valence-electron chi connectivity index (χ4n) is 2.80. The molecule has 7 nitrogen and oxygen atoms in total. The van der Waals surface area contributed by atoms with Crippen molar-refractivity contribution < 1.29 is 23.5 Å². The number of rotatable bonds is 6. The summed E-state index contributed by atoms with van der Waals surface area (Å²) in [5.74, 6) is 0.968. The van der Waals surface area contributed by atoms with Gasteiger partial charge in [0.1, 0.15) is 11.5 Å². The van der Waals surface area contributed by atoms with Gasteiger partial charge in [-0.25, -0.2) is 0 Å². The Kier molecular flexibility index (Phi) is 5.85. The first kappa shape index (κ1) is 19.8. The summed E-state index contributed by atoms with van der Waals surface area (Å²) in [6, 6.07) is 15.6. The molecule has 2 heterocycles. The number of ether oxygens (including phenoxy) is 2. The highest BCUT2D eigenvalue weighted by Crippen LogP contribution is 2.33. The van der Waals surface area contributed by atoms with Gasteiger partial charge in [0.25, 0.3) is 11.8 Å². The Bertz CT molecular complexity index is 1090. The van der Waals surface area contributed by atoms with E-state index in [1.807, 2.05) is 0 Å². The SMILES string of the molecule is O=C(NCc1ccco1)C(=Cc1ccc2c(c1)OCO2)NC(=O)c1ccc(Br)cc1. The number of carbonyl (C=O) groups excluding carboxylic acids is 2. The molecule has 2 N–H and O–H groups in total. The molecule has 0 unspecified atom stereocenters. The Morgan fingerprint density at radius 2 is 1.83 bits per heavy atom. The number of furan rings is 1. The minimum Gasteiger partial charge on any atom is -0.467 e. The fraction of sp³-hybridized carbons (Fsp3) is 0.0909. The van der Waals surface area contributed by atoms with Crippen molar-refractivity contribution in [2.24, 2.45) is 0 Å². The van der Waals surface area contributed by atoms with E-state index in [0.29, 0.717) is 28.4 Å². The van der Waals surface area contributed by atoms with Crippen molar-refractivity contribution in [3.05, 3.63) is 87.9 Å². The number of hydrogen-bond donors (Lipinski definition) is 2. The van der Waals surface area contributed by atoms with Crippen LogP contribution in [0.3, 0.4) is 0 Å². The fourth-order valence-corrected chi connectivity index (χ4v) is 3.06. The zero-order valence-electron chi connectivity index (χ0n) is 15.7. The van der Waals surface area contributed by atoms with Gasteiger partial charge in [-0.1, -0.05) is 22.0 Å². The molecule has 1 aliphatic rings. The lowest BCUT2D eigenvalue weighted by atomic mass is 10.1. The number of fused-ring (bicyclic) bond motifs is 1. The van der Waals surface area contributed by atoms with Gasteiger partial charge in [0.05, 0.1) is 12.8 Å². The number of halogens is 1. The van der Waals surface area contributed by atoms with E-state index in [1.54, 1.807) is 60.7 Å². The van der Waals surface area contributed by atoms with Crippen LogP contribution in [-0.4, -0.2) is 18.6 Å². The quantitative estimate of drug-likeness (QED) is 0.536. The zero-order chi connectivity index (χ0) is 20.9. The summed E-state index contributed by atoms with van der Waals surface area (Å²) in [6.07, 6.45) is 3.11. The summed E-state index contributed by atoms with van der Waals surface area (Å²) < 4.78 is 16.8. The van der Waals surface area contributed by atoms with Gasteiger partial charge in [0.15, 0.2) is 11.5 Å². The second kappa shape index (κ2) is 8.87. The number of hydrogen-bond acceptors (Lipinski definition) is 5. The first-order chi connectivity index (χ1) is 14.6. The van der Waals surface area contributed by atoms with Crippen LogP contribution in [-0.2, 0) is 11.3 Å². The average Bonchev–Trinajstić information content (AvgIpc) is 3.43. The molecule has 30 heavy (non-hydrogen) atoms. The third kappa shape index (κ3) is 4.72. The summed E-state index contributed by atoms with van der Waals surface area (Å²) in [5.41, 5.74) is 1.19. The Balaban J connectivity index is 1.57. The Labute approximate surface area is 180 Å². The molecule has 2 aromatic carbocycles. The monoisotopic (exact) mass is 468 g/mol. The maximum atomic E-state index is 12.8. The molecule has 0 atom stereocenters. The minimum absolute atomic E-state index is 0.0911. The highest BCUT2D eigenvalue weighted by atomic mass is 79.9. The predicted molar refractivity (Wildman–Crippen MR) is 113 cm³/mol. The zero-order valence-corrected chi connectivity index (χ0v) is 17.3. The van der Waals surface area contributed by atoms with Crippen molar-refractivity contribution in [3.63, 3.8) is 0 Å². The van der Waals surface area contributed by atoms with Crippen molar-refractivity contribution in [3.8, 4) is 11.5 Å². The van der Waals surface area contributed by atoms with Crippen LogP contribution in [0, 0.1) is 0 Å². The summed E-state index contributed by atoms with van der Waals surface area (Å²) in [5, 5.41) is 5.44.